The van der Waals surface area contributed by atoms with Gasteiger partial charge in [0.05, 0.1) is 31.7 Å². The molecule has 3 aromatic carbocycles. The molecule has 10 nitrogen and oxygen atoms in total. The number of hydrogen-bond donors (Lipinski definition) is 1. The molecule has 2 saturated heterocycles. The highest BCUT2D eigenvalue weighted by Gasteiger charge is 2.76. The molecule has 0 spiro atoms. The molecule has 3 aromatic rings. The average Bonchev–Trinajstić information content (AvgIpc) is 3.42. The number of hydrogen-bond acceptors (Lipinski definition) is 8. The first-order valence-corrected chi connectivity index (χ1v) is 16.1. The predicted octanol–water partition coefficient (Wildman–Crippen LogP) is 4.83. The fourth-order valence-corrected chi connectivity index (χ4v) is 9.05. The van der Waals surface area contributed by atoms with Gasteiger partial charge < -0.3 is 14.6 Å². The summed E-state index contributed by atoms with van der Waals surface area (Å²) in [6.07, 6.45) is 1.77. The molecule has 48 heavy (non-hydrogen) atoms. The number of likely N-dealkylation sites (tertiary alicyclic amines) is 1. The normalized spacial score (nSPS) is 29.3. The fourth-order valence-electron chi connectivity index (χ4n) is 8.04. The molecular formula is C36H30Cl2N2O8. The summed E-state index contributed by atoms with van der Waals surface area (Å²) in [5, 5.41) is 10.4. The van der Waals surface area contributed by atoms with Crippen molar-refractivity contribution in [2.75, 3.05) is 26.2 Å². The first-order valence-electron chi connectivity index (χ1n) is 15.3. The minimum atomic E-state index is -2.06. The van der Waals surface area contributed by atoms with Crippen LogP contribution in [-0.4, -0.2) is 70.4 Å². The molecule has 1 N–H and O–H groups in total. The van der Waals surface area contributed by atoms with E-state index in [0.29, 0.717) is 22.4 Å². The van der Waals surface area contributed by atoms with Crippen LogP contribution in [0, 0.1) is 17.8 Å². The number of carbonyl (C=O) groups is 5. The Morgan fingerprint density at radius 2 is 1.46 bits per heavy atom. The number of fused-ring (bicyclic) bond motifs is 4. The Balaban J connectivity index is 1.32. The van der Waals surface area contributed by atoms with Crippen molar-refractivity contribution < 1.29 is 38.6 Å². The van der Waals surface area contributed by atoms with Crippen LogP contribution < -0.4 is 14.4 Å². The zero-order chi connectivity index (χ0) is 34.3. The number of phenols is 1. The van der Waals surface area contributed by atoms with E-state index in [1.807, 2.05) is 6.07 Å². The third-order valence-electron chi connectivity index (χ3n) is 10.3. The number of halogens is 2. The van der Waals surface area contributed by atoms with Gasteiger partial charge in [-0.05, 0) is 43.0 Å². The van der Waals surface area contributed by atoms with Crippen LogP contribution in [0.15, 0.2) is 78.4 Å². The van der Waals surface area contributed by atoms with Crippen LogP contribution in [0.4, 0.5) is 5.69 Å². The monoisotopic (exact) mass is 688 g/mol. The lowest BCUT2D eigenvalue weighted by atomic mass is 9.56. The quantitative estimate of drug-likeness (QED) is 0.169. The van der Waals surface area contributed by atoms with Gasteiger partial charge in [-0.25, -0.2) is 0 Å². The Morgan fingerprint density at radius 3 is 2.06 bits per heavy atom. The van der Waals surface area contributed by atoms with Gasteiger partial charge in [0.1, 0.15) is 17.2 Å². The first kappa shape index (κ1) is 31.9. The maximum Gasteiger partial charge on any atom is 0.253 e. The summed E-state index contributed by atoms with van der Waals surface area (Å²) >= 11 is 14.6. The number of allylic oxidation sites excluding steroid dienone is 2. The van der Waals surface area contributed by atoms with Crippen molar-refractivity contribution in [2.45, 2.75) is 28.5 Å². The van der Waals surface area contributed by atoms with Gasteiger partial charge in [0.25, 0.3) is 11.8 Å². The van der Waals surface area contributed by atoms with Crippen LogP contribution in [0.3, 0.4) is 0 Å². The Kier molecular flexibility index (Phi) is 7.45. The van der Waals surface area contributed by atoms with E-state index in [9.17, 15) is 29.1 Å². The third kappa shape index (κ3) is 4.21. The number of anilines is 1. The van der Waals surface area contributed by atoms with Crippen molar-refractivity contribution in [3.05, 3.63) is 95.1 Å². The van der Waals surface area contributed by atoms with Gasteiger partial charge in [0.15, 0.2) is 15.5 Å². The Labute approximate surface area is 285 Å². The molecule has 4 aliphatic rings. The molecule has 0 unspecified atom stereocenters. The van der Waals surface area contributed by atoms with Crippen molar-refractivity contribution in [1.29, 1.82) is 0 Å². The third-order valence-corrected chi connectivity index (χ3v) is 11.7. The van der Waals surface area contributed by atoms with Gasteiger partial charge in [0, 0.05) is 41.8 Å². The minimum Gasteiger partial charge on any atom is -0.508 e. The summed E-state index contributed by atoms with van der Waals surface area (Å²) in [6, 6.07) is 17.7. The predicted molar refractivity (Wildman–Crippen MR) is 175 cm³/mol. The minimum absolute atomic E-state index is 0.134. The van der Waals surface area contributed by atoms with Crippen LogP contribution in [0.25, 0.3) is 0 Å². The molecule has 4 amide bonds. The smallest absolute Gasteiger partial charge is 0.253 e. The SMILES string of the molecule is COc1cc(O)cc(OC)c1[C@H]1C2=CC[C@@H]3C(=O)N(c4ccc(C(=O)c5ccccc5)cc4)C(=O)[C@@H]3[C@@H]2C[C@@]2(Cl)C(=O)N(C)C(=O)[C@@]12Cl. The van der Waals surface area contributed by atoms with Gasteiger partial charge >= 0.3 is 0 Å². The summed E-state index contributed by atoms with van der Waals surface area (Å²) < 4.78 is 11.3. The van der Waals surface area contributed by atoms with Crippen molar-refractivity contribution in [1.82, 2.24) is 4.90 Å². The summed E-state index contributed by atoms with van der Waals surface area (Å²) in [7, 11) is 4.06. The second-order valence-corrected chi connectivity index (χ2v) is 13.8. The topological polar surface area (TPSA) is 131 Å². The molecule has 2 aliphatic carbocycles. The van der Waals surface area contributed by atoms with E-state index >= 15 is 0 Å². The van der Waals surface area contributed by atoms with E-state index in [0.717, 1.165) is 9.80 Å². The van der Waals surface area contributed by atoms with Gasteiger partial charge in [-0.1, -0.05) is 42.0 Å². The first-order chi connectivity index (χ1) is 22.9. The number of methoxy groups -OCH3 is 2. The molecule has 3 fully saturated rings. The maximum absolute atomic E-state index is 14.4. The van der Waals surface area contributed by atoms with E-state index in [-0.39, 0.29) is 41.4 Å². The second-order valence-electron chi connectivity index (χ2n) is 12.5. The Hall–Kier alpha value is -4.67. The number of benzene rings is 3. The molecule has 0 radical (unpaired) electrons. The molecule has 6 atom stereocenters. The van der Waals surface area contributed by atoms with Crippen LogP contribution in [0.5, 0.6) is 17.2 Å². The van der Waals surface area contributed by atoms with Crippen molar-refractivity contribution in [3.63, 3.8) is 0 Å². The van der Waals surface area contributed by atoms with E-state index < -0.39 is 57.0 Å². The number of alkyl halides is 2. The fraction of sp³-hybridized carbons (Fsp3) is 0.306. The zero-order valence-corrected chi connectivity index (χ0v) is 27.6. The molecule has 0 aromatic heterocycles. The van der Waals surface area contributed by atoms with Gasteiger partial charge in [-0.2, -0.15) is 0 Å². The van der Waals surface area contributed by atoms with Gasteiger partial charge in [0.2, 0.25) is 11.8 Å². The number of aromatic hydroxyl groups is 1. The number of ether oxygens (including phenoxy) is 2. The second kappa shape index (κ2) is 11.2. The van der Waals surface area contributed by atoms with Crippen LogP contribution in [0.1, 0.15) is 40.2 Å². The molecule has 2 heterocycles. The Morgan fingerprint density at radius 1 is 0.854 bits per heavy atom. The number of imide groups is 2. The number of phenolic OH excluding ortho intramolecular Hbond substituents is 1. The van der Waals surface area contributed by atoms with E-state index in [1.165, 1.54) is 33.4 Å². The van der Waals surface area contributed by atoms with Crippen LogP contribution in [-0.2, 0) is 19.2 Å². The highest BCUT2D eigenvalue weighted by molar-refractivity contribution is 6.53. The van der Waals surface area contributed by atoms with Crippen LogP contribution in [0.2, 0.25) is 0 Å². The standard InChI is InChI=1S/C36H30Cl2N2O8/c1-39-33(45)35(37)17-24-22(29(36(35,38)34(39)46)28-25(47-2)15-21(41)16-26(28)48-3)13-14-23-27(24)32(44)40(31(23)43)20-11-9-19(10-12-20)30(42)18-7-5-4-6-8-18/h4-13,15-16,23-24,27,29,41H,14,17H2,1-3H3/t23-,24+,27-,29+,35+,36-/m0/s1. The summed E-state index contributed by atoms with van der Waals surface area (Å²) in [4.78, 5) is 67.0. The lowest BCUT2D eigenvalue weighted by Gasteiger charge is -2.51. The zero-order valence-electron chi connectivity index (χ0n) is 26.1. The summed E-state index contributed by atoms with van der Waals surface area (Å²) in [5.41, 5.74) is 2.03. The summed E-state index contributed by atoms with van der Waals surface area (Å²) in [6.45, 7) is 0. The Bertz CT molecular complexity index is 1920. The molecule has 246 valence electrons. The van der Waals surface area contributed by atoms with Crippen molar-refractivity contribution in [3.8, 4) is 17.2 Å². The molecule has 2 aliphatic heterocycles. The van der Waals surface area contributed by atoms with Crippen LogP contribution >= 0.6 is 23.2 Å². The van der Waals surface area contributed by atoms with Gasteiger partial charge in [-0.3, -0.25) is 33.8 Å². The molecule has 0 bridgehead atoms. The van der Waals surface area contributed by atoms with Gasteiger partial charge in [-0.15, -0.1) is 23.2 Å². The lowest BCUT2D eigenvalue weighted by Crippen LogP contribution is -2.60. The van der Waals surface area contributed by atoms with E-state index in [1.54, 1.807) is 54.6 Å². The maximum atomic E-state index is 14.4. The molecule has 7 rings (SSSR count). The van der Waals surface area contributed by atoms with Crippen molar-refractivity contribution >= 4 is 58.3 Å². The van der Waals surface area contributed by atoms with E-state index in [4.69, 9.17) is 32.7 Å². The summed E-state index contributed by atoms with van der Waals surface area (Å²) in [5.74, 6) is -6.07. The number of ketones is 1. The number of nitrogens with zero attached hydrogens (tertiary/aromatic N) is 2. The lowest BCUT2D eigenvalue weighted by molar-refractivity contribution is -0.138. The molecular weight excluding hydrogens is 659 g/mol. The average molecular weight is 690 g/mol. The number of rotatable bonds is 6. The highest BCUT2D eigenvalue weighted by atomic mass is 35.5. The number of carbonyl (C=O) groups excluding carboxylic acids is 5. The largest absolute Gasteiger partial charge is 0.508 e. The molecule has 12 heteroatoms. The highest BCUT2D eigenvalue weighted by Crippen LogP contribution is 2.67. The number of amides is 4. The van der Waals surface area contributed by atoms with E-state index in [2.05, 4.69) is 0 Å². The van der Waals surface area contributed by atoms with Crippen molar-refractivity contribution in [2.24, 2.45) is 17.8 Å². The molecule has 1 saturated carbocycles.